The van der Waals surface area contributed by atoms with Crippen LogP contribution in [0.15, 0.2) is 12.2 Å². The first-order chi connectivity index (χ1) is 11.3. The van der Waals surface area contributed by atoms with Crippen LogP contribution in [0.1, 0.15) is 52.4 Å². The Balaban J connectivity index is 3.95. The lowest BCUT2D eigenvalue weighted by Gasteiger charge is -2.24. The van der Waals surface area contributed by atoms with Gasteiger partial charge in [-0.3, -0.25) is 4.79 Å². The van der Waals surface area contributed by atoms with E-state index in [1.165, 1.54) is 0 Å². The second-order valence-electron chi connectivity index (χ2n) is 6.16. The van der Waals surface area contributed by atoms with E-state index in [1.807, 2.05) is 0 Å². The third kappa shape index (κ3) is 10.2. The molecule has 0 saturated carbocycles. The standard InChI is InChI=1S/C17H35NO5Si/c1-6-7-8-9-12-17(2,20)13-11-16(19)18-14-10-15-24(21-3,22-4)23-5/h7-8,20H,6,9-15H2,1-5H3,(H,18,19)/b8-7+. The first-order valence-electron chi connectivity index (χ1n) is 8.64. The van der Waals surface area contributed by atoms with Crippen LogP contribution in [-0.4, -0.2) is 53.3 Å². The molecular formula is C17H35NO5Si. The SMILES string of the molecule is CC/C=C/CCC(C)(O)CCC(=O)NCCC[Si](OC)(OC)OC. The van der Waals surface area contributed by atoms with Crippen LogP contribution in [0.25, 0.3) is 0 Å². The molecule has 7 heteroatoms. The minimum absolute atomic E-state index is 0.0427. The van der Waals surface area contributed by atoms with Gasteiger partial charge in [0.15, 0.2) is 0 Å². The summed E-state index contributed by atoms with van der Waals surface area (Å²) in [5, 5.41) is 13.1. The molecule has 0 aromatic carbocycles. The Morgan fingerprint density at radius 2 is 1.79 bits per heavy atom. The highest BCUT2D eigenvalue weighted by Crippen LogP contribution is 2.19. The maximum Gasteiger partial charge on any atom is 0.500 e. The molecule has 0 saturated heterocycles. The van der Waals surface area contributed by atoms with Gasteiger partial charge in [-0.05, 0) is 39.0 Å². The fourth-order valence-electron chi connectivity index (χ4n) is 2.36. The zero-order valence-corrected chi connectivity index (χ0v) is 16.9. The first kappa shape index (κ1) is 23.3. The van der Waals surface area contributed by atoms with Gasteiger partial charge in [-0.1, -0.05) is 19.1 Å². The van der Waals surface area contributed by atoms with Gasteiger partial charge < -0.3 is 23.7 Å². The molecule has 1 amide bonds. The van der Waals surface area contributed by atoms with Crippen LogP contribution in [0.2, 0.25) is 6.04 Å². The van der Waals surface area contributed by atoms with Crippen molar-refractivity contribution in [2.45, 2.75) is 64.0 Å². The normalized spacial score (nSPS) is 14.8. The van der Waals surface area contributed by atoms with Gasteiger partial charge in [-0.25, -0.2) is 0 Å². The lowest BCUT2D eigenvalue weighted by atomic mass is 9.94. The third-order valence-electron chi connectivity index (χ3n) is 4.06. The van der Waals surface area contributed by atoms with Gasteiger partial charge in [0.05, 0.1) is 5.60 Å². The van der Waals surface area contributed by atoms with Gasteiger partial charge in [-0.2, -0.15) is 0 Å². The first-order valence-corrected chi connectivity index (χ1v) is 10.6. The van der Waals surface area contributed by atoms with Crippen molar-refractivity contribution in [3.8, 4) is 0 Å². The van der Waals surface area contributed by atoms with Gasteiger partial charge >= 0.3 is 8.80 Å². The number of nitrogens with one attached hydrogen (secondary N) is 1. The molecule has 6 nitrogen and oxygen atoms in total. The monoisotopic (exact) mass is 361 g/mol. The maximum absolute atomic E-state index is 11.9. The number of amides is 1. The van der Waals surface area contributed by atoms with Crippen LogP contribution >= 0.6 is 0 Å². The number of allylic oxidation sites excluding steroid dienone is 2. The molecule has 0 bridgehead atoms. The van der Waals surface area contributed by atoms with E-state index >= 15 is 0 Å². The van der Waals surface area contributed by atoms with Crippen LogP contribution in [0.3, 0.4) is 0 Å². The molecular weight excluding hydrogens is 326 g/mol. The summed E-state index contributed by atoms with van der Waals surface area (Å²) in [6, 6.07) is 0.651. The summed E-state index contributed by atoms with van der Waals surface area (Å²) in [4.78, 5) is 11.9. The summed E-state index contributed by atoms with van der Waals surface area (Å²) >= 11 is 0. The molecule has 0 spiro atoms. The Morgan fingerprint density at radius 3 is 2.33 bits per heavy atom. The average Bonchev–Trinajstić information content (AvgIpc) is 2.58. The summed E-state index contributed by atoms with van der Waals surface area (Å²) in [5.41, 5.74) is -0.806. The number of hydrogen-bond acceptors (Lipinski definition) is 5. The van der Waals surface area contributed by atoms with E-state index in [-0.39, 0.29) is 5.91 Å². The van der Waals surface area contributed by atoms with Gasteiger partial charge in [0.1, 0.15) is 0 Å². The van der Waals surface area contributed by atoms with E-state index in [2.05, 4.69) is 24.4 Å². The van der Waals surface area contributed by atoms with E-state index in [0.717, 1.165) is 19.3 Å². The maximum atomic E-state index is 11.9. The lowest BCUT2D eigenvalue weighted by Crippen LogP contribution is -2.43. The highest BCUT2D eigenvalue weighted by molar-refractivity contribution is 6.60. The molecule has 0 radical (unpaired) electrons. The second kappa shape index (κ2) is 12.6. The van der Waals surface area contributed by atoms with Crippen molar-refractivity contribution in [3.63, 3.8) is 0 Å². The van der Waals surface area contributed by atoms with Crippen molar-refractivity contribution >= 4 is 14.7 Å². The number of hydrogen-bond donors (Lipinski definition) is 2. The largest absolute Gasteiger partial charge is 0.500 e. The van der Waals surface area contributed by atoms with E-state index in [9.17, 15) is 9.90 Å². The quantitative estimate of drug-likeness (QED) is 0.283. The third-order valence-corrected chi connectivity index (χ3v) is 6.89. The number of carbonyl (C=O) groups is 1. The van der Waals surface area contributed by atoms with Crippen LogP contribution in [0.4, 0.5) is 0 Å². The van der Waals surface area contributed by atoms with Crippen molar-refractivity contribution < 1.29 is 23.2 Å². The molecule has 142 valence electrons. The van der Waals surface area contributed by atoms with Crippen molar-refractivity contribution in [1.82, 2.24) is 5.32 Å². The summed E-state index contributed by atoms with van der Waals surface area (Å²) < 4.78 is 16.0. The van der Waals surface area contributed by atoms with Crippen molar-refractivity contribution in [2.24, 2.45) is 0 Å². The summed E-state index contributed by atoms with van der Waals surface area (Å²) in [6.07, 6.45) is 8.19. The molecule has 0 aliphatic heterocycles. The van der Waals surface area contributed by atoms with E-state index in [1.54, 1.807) is 28.3 Å². The highest BCUT2D eigenvalue weighted by atomic mass is 28.4. The van der Waals surface area contributed by atoms with Gasteiger partial charge in [0.2, 0.25) is 5.91 Å². The molecule has 0 aromatic heterocycles. The second-order valence-corrected chi connectivity index (χ2v) is 9.25. The highest BCUT2D eigenvalue weighted by Gasteiger charge is 2.36. The molecule has 0 aliphatic carbocycles. The molecule has 0 aliphatic rings. The smallest absolute Gasteiger partial charge is 0.390 e. The van der Waals surface area contributed by atoms with Crippen LogP contribution in [0.5, 0.6) is 0 Å². The fourth-order valence-corrected chi connectivity index (χ4v) is 4.09. The van der Waals surface area contributed by atoms with Crippen LogP contribution < -0.4 is 5.32 Å². The van der Waals surface area contributed by atoms with Crippen molar-refractivity contribution in [1.29, 1.82) is 0 Å². The number of aliphatic hydroxyl groups is 1. The summed E-state index contributed by atoms with van der Waals surface area (Å²) in [5.74, 6) is -0.0427. The predicted molar refractivity (Wildman–Crippen MR) is 97.7 cm³/mol. The topological polar surface area (TPSA) is 77.0 Å². The Kier molecular flexibility index (Phi) is 12.2. The van der Waals surface area contributed by atoms with Gasteiger partial charge in [0.25, 0.3) is 0 Å². The minimum Gasteiger partial charge on any atom is -0.390 e. The summed E-state index contributed by atoms with van der Waals surface area (Å²) in [6.45, 7) is 4.41. The summed E-state index contributed by atoms with van der Waals surface area (Å²) in [7, 11) is 2.18. The Hall–Kier alpha value is -0.733. The molecule has 24 heavy (non-hydrogen) atoms. The fraction of sp³-hybridized carbons (Fsp3) is 0.824. The lowest BCUT2D eigenvalue weighted by molar-refractivity contribution is -0.122. The molecule has 1 unspecified atom stereocenters. The molecule has 0 fully saturated rings. The van der Waals surface area contributed by atoms with E-state index in [4.69, 9.17) is 13.3 Å². The Morgan fingerprint density at radius 1 is 1.17 bits per heavy atom. The zero-order chi connectivity index (χ0) is 18.5. The minimum atomic E-state index is -2.56. The van der Waals surface area contributed by atoms with Crippen molar-refractivity contribution in [3.05, 3.63) is 12.2 Å². The average molecular weight is 362 g/mol. The molecule has 1 atom stereocenters. The molecule has 0 heterocycles. The zero-order valence-electron chi connectivity index (χ0n) is 15.9. The van der Waals surface area contributed by atoms with Crippen LogP contribution in [-0.2, 0) is 18.1 Å². The number of carbonyl (C=O) groups excluding carboxylic acids is 1. The van der Waals surface area contributed by atoms with Gasteiger partial charge in [0, 0.05) is 40.3 Å². The molecule has 0 rings (SSSR count). The van der Waals surface area contributed by atoms with Crippen molar-refractivity contribution in [2.75, 3.05) is 27.9 Å². The predicted octanol–water partition coefficient (Wildman–Crippen LogP) is 2.65. The molecule has 0 aromatic rings. The molecule has 2 N–H and O–H groups in total. The Labute approximate surface area is 147 Å². The van der Waals surface area contributed by atoms with E-state index in [0.29, 0.717) is 31.9 Å². The van der Waals surface area contributed by atoms with Gasteiger partial charge in [-0.15, -0.1) is 0 Å². The number of rotatable bonds is 14. The van der Waals surface area contributed by atoms with E-state index < -0.39 is 14.4 Å². The Bertz CT molecular complexity index is 362. The van der Waals surface area contributed by atoms with Crippen LogP contribution in [0, 0.1) is 0 Å².